The van der Waals surface area contributed by atoms with Crippen LogP contribution in [0.15, 0.2) is 29.1 Å². The van der Waals surface area contributed by atoms with E-state index in [0.717, 1.165) is 13.1 Å². The Labute approximate surface area is 92.6 Å². The molecule has 0 fully saturated rings. The molecule has 0 bridgehead atoms. The van der Waals surface area contributed by atoms with Crippen molar-refractivity contribution in [3.8, 4) is 0 Å². The summed E-state index contributed by atoms with van der Waals surface area (Å²) in [6.45, 7) is 1.55. The molecular formula is C12H9N3O. The van der Waals surface area contributed by atoms with E-state index >= 15 is 0 Å². The van der Waals surface area contributed by atoms with Crippen molar-refractivity contribution in [2.45, 2.75) is 13.1 Å². The van der Waals surface area contributed by atoms with Gasteiger partial charge < -0.3 is 4.90 Å². The van der Waals surface area contributed by atoms with Crippen LogP contribution in [0, 0.1) is 12.3 Å². The Morgan fingerprint density at radius 1 is 1.25 bits per heavy atom. The largest absolute Gasteiger partial charge is 0.333 e. The maximum atomic E-state index is 11.1. The van der Waals surface area contributed by atoms with Crippen molar-refractivity contribution in [2.24, 2.45) is 0 Å². The fourth-order valence-electron chi connectivity index (χ4n) is 1.93. The van der Waals surface area contributed by atoms with Gasteiger partial charge in [0.15, 0.2) is 0 Å². The summed E-state index contributed by atoms with van der Waals surface area (Å²) >= 11 is 0. The molecule has 3 rings (SSSR count). The van der Waals surface area contributed by atoms with E-state index in [-0.39, 0.29) is 5.56 Å². The Hall–Kier alpha value is -2.28. The zero-order valence-electron chi connectivity index (χ0n) is 8.53. The SMILES string of the molecule is O=c1c#cnc(N2Cc3ccccc3C2)[nH]1. The number of H-pyrrole nitrogens is 1. The van der Waals surface area contributed by atoms with Gasteiger partial charge in [0.1, 0.15) is 0 Å². The van der Waals surface area contributed by atoms with Crippen LogP contribution in [0.2, 0.25) is 0 Å². The lowest BCUT2D eigenvalue weighted by Gasteiger charge is -2.13. The Morgan fingerprint density at radius 3 is 2.56 bits per heavy atom. The predicted molar refractivity (Wildman–Crippen MR) is 58.9 cm³/mol. The van der Waals surface area contributed by atoms with E-state index in [2.05, 4.69) is 34.4 Å². The minimum Gasteiger partial charge on any atom is -0.333 e. The quantitative estimate of drug-likeness (QED) is 0.762. The molecule has 4 nitrogen and oxygen atoms in total. The molecule has 78 valence electrons. The number of anilines is 1. The minimum atomic E-state index is -0.291. The molecule has 1 N–H and O–H groups in total. The molecule has 0 saturated carbocycles. The number of hydrogen-bond donors (Lipinski definition) is 1. The molecule has 0 saturated heterocycles. The van der Waals surface area contributed by atoms with Crippen molar-refractivity contribution in [1.29, 1.82) is 0 Å². The van der Waals surface area contributed by atoms with Crippen molar-refractivity contribution >= 4 is 5.95 Å². The van der Waals surface area contributed by atoms with Crippen LogP contribution >= 0.6 is 0 Å². The van der Waals surface area contributed by atoms with E-state index in [1.165, 1.54) is 11.1 Å². The van der Waals surface area contributed by atoms with E-state index in [9.17, 15) is 4.79 Å². The topological polar surface area (TPSA) is 49.0 Å². The molecule has 16 heavy (non-hydrogen) atoms. The van der Waals surface area contributed by atoms with Gasteiger partial charge in [-0.15, -0.1) is 0 Å². The van der Waals surface area contributed by atoms with Crippen molar-refractivity contribution in [2.75, 3.05) is 4.90 Å². The van der Waals surface area contributed by atoms with Crippen LogP contribution in [0.1, 0.15) is 11.1 Å². The molecule has 0 atom stereocenters. The van der Waals surface area contributed by atoms with Crippen molar-refractivity contribution in [3.63, 3.8) is 0 Å². The highest BCUT2D eigenvalue weighted by Crippen LogP contribution is 2.24. The van der Waals surface area contributed by atoms with Crippen LogP contribution in [-0.2, 0) is 13.1 Å². The van der Waals surface area contributed by atoms with Crippen LogP contribution in [0.25, 0.3) is 0 Å². The maximum Gasteiger partial charge on any atom is 0.304 e. The Bertz CT molecular complexity index is 551. The van der Waals surface area contributed by atoms with Gasteiger partial charge in [-0.25, -0.2) is 0 Å². The maximum absolute atomic E-state index is 11.1. The molecule has 0 spiro atoms. The van der Waals surface area contributed by atoms with E-state index in [1.807, 2.05) is 17.0 Å². The summed E-state index contributed by atoms with van der Waals surface area (Å²) in [5.74, 6) is 0.556. The standard InChI is InChI=1S/C12H9N3O/c16-11-5-6-13-12(14-11)15-7-9-3-1-2-4-10(9)8-15/h1-4H,7-8H2,(H,13,14,16). The van der Waals surface area contributed by atoms with Crippen LogP contribution in [0.3, 0.4) is 0 Å². The molecule has 1 aromatic carbocycles. The average Bonchev–Trinajstić information content (AvgIpc) is 2.72. The number of nitrogens with one attached hydrogen (secondary N) is 1. The molecule has 2 heterocycles. The smallest absolute Gasteiger partial charge is 0.304 e. The first-order valence-corrected chi connectivity index (χ1v) is 5.04. The number of rotatable bonds is 1. The molecule has 4 heteroatoms. The lowest BCUT2D eigenvalue weighted by molar-refractivity contribution is 0.824. The number of aromatic nitrogens is 2. The van der Waals surface area contributed by atoms with Crippen molar-refractivity contribution < 1.29 is 0 Å². The van der Waals surface area contributed by atoms with E-state index < -0.39 is 0 Å². The van der Waals surface area contributed by atoms with Gasteiger partial charge in [-0.3, -0.25) is 9.78 Å². The lowest BCUT2D eigenvalue weighted by Crippen LogP contribution is -2.20. The molecular weight excluding hydrogens is 202 g/mol. The van der Waals surface area contributed by atoms with Gasteiger partial charge in [0.2, 0.25) is 5.95 Å². The first-order valence-electron chi connectivity index (χ1n) is 5.04. The molecule has 0 radical (unpaired) electrons. The molecule has 2 aromatic rings. The number of aromatic amines is 1. The lowest BCUT2D eigenvalue weighted by atomic mass is 10.1. The van der Waals surface area contributed by atoms with Crippen molar-refractivity contribution in [3.05, 3.63) is 58.0 Å². The predicted octanol–water partition coefficient (Wildman–Crippen LogP) is 0.890. The number of benzene rings is 1. The molecule has 0 amide bonds. The Kier molecular flexibility index (Phi) is 1.90. The van der Waals surface area contributed by atoms with Gasteiger partial charge in [0.25, 0.3) is 0 Å². The summed E-state index contributed by atoms with van der Waals surface area (Å²) in [6, 6.07) is 10.6. The van der Waals surface area contributed by atoms with Crippen molar-refractivity contribution in [1.82, 2.24) is 9.97 Å². The summed E-state index contributed by atoms with van der Waals surface area (Å²) < 4.78 is 0. The molecule has 1 aliphatic rings. The second kappa shape index (κ2) is 3.38. The first-order chi connectivity index (χ1) is 7.83. The van der Waals surface area contributed by atoms with Gasteiger partial charge in [-0.1, -0.05) is 24.3 Å². The monoisotopic (exact) mass is 211 g/mol. The van der Waals surface area contributed by atoms with Gasteiger partial charge in [0, 0.05) is 25.4 Å². The normalized spacial score (nSPS) is 13.4. The van der Waals surface area contributed by atoms with Gasteiger partial charge in [0.05, 0.1) is 0 Å². The third-order valence-electron chi connectivity index (χ3n) is 2.70. The number of hydrogen-bond acceptors (Lipinski definition) is 3. The summed E-state index contributed by atoms with van der Waals surface area (Å²) in [6.07, 6.45) is 2.47. The third-order valence-corrected chi connectivity index (χ3v) is 2.70. The minimum absolute atomic E-state index is 0.291. The Balaban J connectivity index is 1.94. The highest BCUT2D eigenvalue weighted by molar-refractivity contribution is 5.42. The third kappa shape index (κ3) is 1.43. The van der Waals surface area contributed by atoms with Crippen LogP contribution in [0.5, 0.6) is 0 Å². The molecule has 1 aliphatic heterocycles. The fourth-order valence-corrected chi connectivity index (χ4v) is 1.93. The van der Waals surface area contributed by atoms with E-state index in [0.29, 0.717) is 5.95 Å². The second-order valence-corrected chi connectivity index (χ2v) is 3.75. The number of fused-ring (bicyclic) bond motifs is 1. The van der Waals surface area contributed by atoms with Gasteiger partial charge >= 0.3 is 5.56 Å². The van der Waals surface area contributed by atoms with Crippen LogP contribution in [0.4, 0.5) is 5.95 Å². The Morgan fingerprint density at radius 2 is 1.94 bits per heavy atom. The second-order valence-electron chi connectivity index (χ2n) is 3.75. The van der Waals surface area contributed by atoms with Crippen LogP contribution < -0.4 is 10.5 Å². The fraction of sp³-hybridized carbons (Fsp3) is 0.167. The average molecular weight is 211 g/mol. The zero-order valence-corrected chi connectivity index (χ0v) is 8.53. The van der Waals surface area contributed by atoms with E-state index in [1.54, 1.807) is 0 Å². The summed E-state index contributed by atoms with van der Waals surface area (Å²) in [7, 11) is 0. The van der Waals surface area contributed by atoms with Gasteiger partial charge in [-0.2, -0.15) is 4.98 Å². The summed E-state index contributed by atoms with van der Waals surface area (Å²) in [5, 5.41) is 0. The van der Waals surface area contributed by atoms with Gasteiger partial charge in [-0.05, 0) is 11.1 Å². The molecule has 0 unspecified atom stereocenters. The molecule has 0 aliphatic carbocycles. The first kappa shape index (κ1) is 8.98. The highest BCUT2D eigenvalue weighted by Gasteiger charge is 2.19. The van der Waals surface area contributed by atoms with E-state index in [4.69, 9.17) is 0 Å². The highest BCUT2D eigenvalue weighted by atomic mass is 16.1. The molecule has 1 aromatic heterocycles. The summed E-state index contributed by atoms with van der Waals surface area (Å²) in [4.78, 5) is 19.8. The summed E-state index contributed by atoms with van der Waals surface area (Å²) in [5.41, 5.74) is 2.26. The zero-order chi connectivity index (χ0) is 11.0. The van der Waals surface area contributed by atoms with Crippen LogP contribution in [-0.4, -0.2) is 9.97 Å². The number of nitrogens with zero attached hydrogens (tertiary/aromatic N) is 2.